The Hall–Kier alpha value is -2.85. The van der Waals surface area contributed by atoms with Gasteiger partial charge in [-0.05, 0) is 23.4 Å². The fourth-order valence-electron chi connectivity index (χ4n) is 2.51. The molecule has 11 heteroatoms. The fourth-order valence-corrected chi connectivity index (χ4v) is 3.34. The molecule has 0 saturated heterocycles. The van der Waals surface area contributed by atoms with Gasteiger partial charge in [-0.15, -0.1) is 0 Å². The molecule has 0 radical (unpaired) electrons. The van der Waals surface area contributed by atoms with Gasteiger partial charge in [-0.1, -0.05) is 42.4 Å². The van der Waals surface area contributed by atoms with Gasteiger partial charge in [-0.25, -0.2) is 23.9 Å². The van der Waals surface area contributed by atoms with Gasteiger partial charge in [-0.2, -0.15) is 4.98 Å². The number of benzene rings is 1. The number of thioether (sulfide) groups is 1. The number of halogens is 1. The van der Waals surface area contributed by atoms with Crippen LogP contribution >= 0.6 is 23.4 Å². The third-order valence-electron chi connectivity index (χ3n) is 3.88. The van der Waals surface area contributed by atoms with Crippen molar-refractivity contribution in [2.24, 2.45) is 0 Å². The second-order valence-corrected chi connectivity index (χ2v) is 7.48. The molecule has 0 bridgehead atoms. The summed E-state index contributed by atoms with van der Waals surface area (Å²) in [6.07, 6.45) is 1.10. The Bertz CT molecular complexity index is 1140. The number of rotatable bonds is 7. The van der Waals surface area contributed by atoms with Crippen molar-refractivity contribution in [3.05, 3.63) is 73.7 Å². The van der Waals surface area contributed by atoms with Gasteiger partial charge in [0.1, 0.15) is 12.8 Å². The molecule has 29 heavy (non-hydrogen) atoms. The van der Waals surface area contributed by atoms with Crippen LogP contribution in [0.25, 0.3) is 0 Å². The fraction of sp³-hybridized carbons (Fsp3) is 0.278. The lowest BCUT2D eigenvalue weighted by Crippen LogP contribution is -2.43. The minimum absolute atomic E-state index is 0.0142. The first kappa shape index (κ1) is 20.9. The highest BCUT2D eigenvalue weighted by Crippen LogP contribution is 2.15. The second kappa shape index (κ2) is 9.10. The third-order valence-corrected chi connectivity index (χ3v) is 4.99. The van der Waals surface area contributed by atoms with Gasteiger partial charge in [0.05, 0.1) is 13.7 Å². The summed E-state index contributed by atoms with van der Waals surface area (Å²) in [6, 6.07) is 7.03. The van der Waals surface area contributed by atoms with E-state index in [-0.39, 0.29) is 24.7 Å². The maximum Gasteiger partial charge on any atom is 0.360 e. The van der Waals surface area contributed by atoms with Crippen LogP contribution in [0.4, 0.5) is 0 Å². The molecule has 0 unspecified atom stereocenters. The molecule has 9 nitrogen and oxygen atoms in total. The van der Waals surface area contributed by atoms with Crippen LogP contribution in [0.1, 0.15) is 28.9 Å². The van der Waals surface area contributed by atoms with Gasteiger partial charge in [0.25, 0.3) is 0 Å². The van der Waals surface area contributed by atoms with Gasteiger partial charge >= 0.3 is 17.3 Å². The van der Waals surface area contributed by atoms with Crippen LogP contribution in [-0.2, 0) is 17.8 Å². The van der Waals surface area contributed by atoms with Crippen LogP contribution < -0.4 is 11.4 Å². The minimum Gasteiger partial charge on any atom is -0.464 e. The largest absolute Gasteiger partial charge is 0.464 e. The van der Waals surface area contributed by atoms with Gasteiger partial charge < -0.3 is 9.15 Å². The van der Waals surface area contributed by atoms with Crippen LogP contribution in [0.5, 0.6) is 0 Å². The summed E-state index contributed by atoms with van der Waals surface area (Å²) in [5.74, 6) is -0.0284. The monoisotopic (exact) mass is 436 g/mol. The first-order valence-electron chi connectivity index (χ1n) is 8.54. The molecule has 0 aliphatic heterocycles. The molecule has 2 aromatic heterocycles. The molecular formula is C18H17ClN4O5S. The molecule has 0 N–H and O–H groups in total. The van der Waals surface area contributed by atoms with E-state index in [4.69, 9.17) is 16.0 Å². The van der Waals surface area contributed by atoms with Crippen LogP contribution in [0.2, 0.25) is 5.02 Å². The zero-order chi connectivity index (χ0) is 21.0. The second-order valence-electron chi connectivity index (χ2n) is 5.81. The van der Waals surface area contributed by atoms with Crippen molar-refractivity contribution in [2.75, 3.05) is 12.9 Å². The van der Waals surface area contributed by atoms with Gasteiger partial charge in [0, 0.05) is 5.02 Å². The normalized spacial score (nSPS) is 10.9. The van der Waals surface area contributed by atoms with E-state index in [2.05, 4.69) is 14.7 Å². The van der Waals surface area contributed by atoms with Crippen LogP contribution in [-0.4, -0.2) is 37.9 Å². The molecule has 3 rings (SSSR count). The summed E-state index contributed by atoms with van der Waals surface area (Å²) in [4.78, 5) is 45.0. The SMILES string of the molecule is CCSc1nc(=O)n(Cc2nc(C(=O)OC)co2)c(=O)n1Cc1ccc(Cl)cc1. The van der Waals surface area contributed by atoms with Gasteiger partial charge in [0.2, 0.25) is 5.89 Å². The van der Waals surface area contributed by atoms with Gasteiger partial charge in [-0.3, -0.25) is 4.57 Å². The zero-order valence-electron chi connectivity index (χ0n) is 15.6. The van der Waals surface area contributed by atoms with Crippen molar-refractivity contribution in [1.29, 1.82) is 0 Å². The summed E-state index contributed by atoms with van der Waals surface area (Å²) >= 11 is 7.21. The molecule has 152 valence electrons. The molecule has 0 saturated carbocycles. The molecule has 0 atom stereocenters. The van der Waals surface area contributed by atoms with E-state index in [1.165, 1.54) is 23.4 Å². The Balaban J connectivity index is 2.00. The number of hydrogen-bond acceptors (Lipinski definition) is 8. The molecule has 0 aliphatic rings. The first-order valence-corrected chi connectivity index (χ1v) is 9.91. The lowest BCUT2D eigenvalue weighted by molar-refractivity contribution is 0.0594. The first-order chi connectivity index (χ1) is 13.9. The summed E-state index contributed by atoms with van der Waals surface area (Å²) in [7, 11) is 1.21. The van der Waals surface area contributed by atoms with E-state index in [0.29, 0.717) is 15.9 Å². The van der Waals surface area contributed by atoms with Crippen LogP contribution in [0.3, 0.4) is 0 Å². The Labute approximate surface area is 174 Å². The molecule has 0 fully saturated rings. The lowest BCUT2D eigenvalue weighted by atomic mass is 10.2. The number of aromatic nitrogens is 4. The van der Waals surface area contributed by atoms with E-state index in [1.807, 2.05) is 6.92 Å². The zero-order valence-corrected chi connectivity index (χ0v) is 17.2. The smallest absolute Gasteiger partial charge is 0.360 e. The summed E-state index contributed by atoms with van der Waals surface area (Å²) in [5.41, 5.74) is -0.515. The Kier molecular flexibility index (Phi) is 6.55. The van der Waals surface area contributed by atoms with Gasteiger partial charge in [0.15, 0.2) is 10.9 Å². The Morgan fingerprint density at radius 1 is 1.17 bits per heavy atom. The average Bonchev–Trinajstić information content (AvgIpc) is 3.18. The minimum atomic E-state index is -0.726. The van der Waals surface area contributed by atoms with E-state index in [9.17, 15) is 14.4 Å². The van der Waals surface area contributed by atoms with E-state index in [0.717, 1.165) is 16.4 Å². The van der Waals surface area contributed by atoms with Crippen molar-refractivity contribution in [3.63, 3.8) is 0 Å². The number of esters is 1. The van der Waals surface area contributed by atoms with Crippen LogP contribution in [0, 0.1) is 0 Å². The number of carbonyl (C=O) groups excluding carboxylic acids is 1. The number of hydrogen-bond donors (Lipinski definition) is 0. The standard InChI is InChI=1S/C18H17ClN4O5S/c1-3-29-17-21-16(25)22(9-14-20-13(10-28-14)15(24)27-2)18(26)23(17)8-11-4-6-12(19)7-5-11/h4-7,10H,3,8-9H2,1-2H3. The van der Waals surface area contributed by atoms with Crippen molar-refractivity contribution in [2.45, 2.75) is 25.2 Å². The van der Waals surface area contributed by atoms with E-state index in [1.54, 1.807) is 24.3 Å². The average molecular weight is 437 g/mol. The molecule has 0 aliphatic carbocycles. The summed E-state index contributed by atoms with van der Waals surface area (Å²) in [6.45, 7) is 1.85. The molecule has 0 amide bonds. The quantitative estimate of drug-likeness (QED) is 0.409. The molecule has 0 spiro atoms. The summed E-state index contributed by atoms with van der Waals surface area (Å²) in [5, 5.41) is 0.897. The Morgan fingerprint density at radius 2 is 1.90 bits per heavy atom. The maximum atomic E-state index is 13.0. The van der Waals surface area contributed by atoms with Crippen molar-refractivity contribution in [3.8, 4) is 0 Å². The van der Waals surface area contributed by atoms with Crippen molar-refractivity contribution < 1.29 is 13.9 Å². The van der Waals surface area contributed by atoms with Crippen molar-refractivity contribution >= 4 is 29.3 Å². The highest BCUT2D eigenvalue weighted by Gasteiger charge is 2.18. The highest BCUT2D eigenvalue weighted by atomic mass is 35.5. The Morgan fingerprint density at radius 3 is 2.55 bits per heavy atom. The topological polar surface area (TPSA) is 109 Å². The molecular weight excluding hydrogens is 420 g/mol. The third kappa shape index (κ3) is 4.77. The number of methoxy groups -OCH3 is 1. The number of oxazole rings is 1. The molecule has 1 aromatic carbocycles. The van der Waals surface area contributed by atoms with E-state index >= 15 is 0 Å². The molecule has 3 aromatic rings. The van der Waals surface area contributed by atoms with Crippen LogP contribution in [0.15, 0.2) is 49.7 Å². The predicted octanol–water partition coefficient (Wildman–Crippen LogP) is 2.04. The predicted molar refractivity (Wildman–Crippen MR) is 107 cm³/mol. The number of carbonyl (C=O) groups is 1. The van der Waals surface area contributed by atoms with E-state index < -0.39 is 17.3 Å². The van der Waals surface area contributed by atoms with Crippen molar-refractivity contribution in [1.82, 2.24) is 19.1 Å². The maximum absolute atomic E-state index is 13.0. The number of nitrogens with zero attached hydrogens (tertiary/aromatic N) is 4. The lowest BCUT2D eigenvalue weighted by Gasteiger charge is -2.13. The number of ether oxygens (including phenoxy) is 1. The highest BCUT2D eigenvalue weighted by molar-refractivity contribution is 7.99. The molecule has 2 heterocycles. The summed E-state index contributed by atoms with van der Waals surface area (Å²) < 4.78 is 12.1.